The molecule has 2 N–H and O–H groups in total. The van der Waals surface area contributed by atoms with Crippen molar-refractivity contribution in [2.24, 2.45) is 7.05 Å². The maximum atomic E-state index is 12.6. The second-order valence-electron chi connectivity index (χ2n) is 5.79. The van der Waals surface area contributed by atoms with E-state index in [4.69, 9.17) is 5.73 Å². The summed E-state index contributed by atoms with van der Waals surface area (Å²) in [6.45, 7) is 0.469. The van der Waals surface area contributed by atoms with E-state index in [9.17, 15) is 8.42 Å². The molecule has 1 heterocycles. The average Bonchev–Trinajstić information content (AvgIpc) is 2.62. The first-order valence-electron chi connectivity index (χ1n) is 6.62. The number of rotatable bonds is 5. The summed E-state index contributed by atoms with van der Waals surface area (Å²) in [4.78, 5) is 2.20. The summed E-state index contributed by atoms with van der Waals surface area (Å²) in [6, 6.07) is 0. The highest BCUT2D eigenvalue weighted by molar-refractivity contribution is 7.89. The molecular weight excluding hydrogens is 278 g/mol. The first kappa shape index (κ1) is 15.3. The summed E-state index contributed by atoms with van der Waals surface area (Å²) in [6.07, 6.45) is 4.62. The topological polar surface area (TPSA) is 84.5 Å². The third-order valence-corrected chi connectivity index (χ3v) is 6.08. The normalized spacial score (nSPS) is 18.5. The number of nitrogens with zero attached hydrogens (tertiary/aromatic N) is 4. The molecule has 1 aromatic heterocycles. The number of likely N-dealkylation sites (N-methyl/N-ethyl adjacent to an activating group) is 2. The molecule has 1 aliphatic rings. The Morgan fingerprint density at radius 1 is 1.40 bits per heavy atom. The Balaban J connectivity index is 2.24. The highest BCUT2D eigenvalue weighted by Gasteiger charge is 2.42. The van der Waals surface area contributed by atoms with Gasteiger partial charge in [0.15, 0.2) is 5.82 Å². The number of anilines is 1. The molecule has 0 aromatic carbocycles. The minimum absolute atomic E-state index is 0.0480. The average molecular weight is 301 g/mol. The van der Waals surface area contributed by atoms with E-state index in [1.807, 2.05) is 14.1 Å². The van der Waals surface area contributed by atoms with Gasteiger partial charge in [-0.05, 0) is 33.4 Å². The molecule has 20 heavy (non-hydrogen) atoms. The van der Waals surface area contributed by atoms with Gasteiger partial charge in [-0.2, -0.15) is 9.40 Å². The van der Waals surface area contributed by atoms with Gasteiger partial charge in [0.05, 0.1) is 0 Å². The van der Waals surface area contributed by atoms with E-state index in [-0.39, 0.29) is 16.3 Å². The Kier molecular flexibility index (Phi) is 3.83. The van der Waals surface area contributed by atoms with E-state index in [0.29, 0.717) is 6.54 Å². The van der Waals surface area contributed by atoms with Crippen molar-refractivity contribution >= 4 is 15.8 Å². The molecule has 0 saturated heterocycles. The standard InChI is InChI=1S/C12H23N5O2S/c1-15(2)12(6-5-7-12)9-17(4)20(18,19)10-8-16(3)14-11(10)13/h8H,5-7,9H2,1-4H3,(H2,13,14). The van der Waals surface area contributed by atoms with Crippen molar-refractivity contribution in [2.75, 3.05) is 33.4 Å². The Labute approximate surface area is 120 Å². The van der Waals surface area contributed by atoms with Gasteiger partial charge in [0, 0.05) is 32.4 Å². The molecule has 2 rings (SSSR count). The number of hydrogen-bond donors (Lipinski definition) is 1. The molecule has 0 aliphatic heterocycles. The highest BCUT2D eigenvalue weighted by Crippen LogP contribution is 2.37. The van der Waals surface area contributed by atoms with Crippen LogP contribution in [0.15, 0.2) is 11.1 Å². The number of sulfonamides is 1. The van der Waals surface area contributed by atoms with E-state index in [1.54, 1.807) is 14.1 Å². The molecule has 0 unspecified atom stereocenters. The van der Waals surface area contributed by atoms with Gasteiger partial charge in [0.2, 0.25) is 10.0 Å². The fourth-order valence-electron chi connectivity index (χ4n) is 2.68. The lowest BCUT2D eigenvalue weighted by Crippen LogP contribution is -2.57. The predicted octanol–water partition coefficient (Wildman–Crippen LogP) is 0.107. The molecule has 1 fully saturated rings. The lowest BCUT2D eigenvalue weighted by Gasteiger charge is -2.48. The highest BCUT2D eigenvalue weighted by atomic mass is 32.2. The first-order chi connectivity index (χ1) is 9.19. The van der Waals surface area contributed by atoms with Crippen LogP contribution in [0.2, 0.25) is 0 Å². The van der Waals surface area contributed by atoms with Crippen LogP contribution >= 0.6 is 0 Å². The van der Waals surface area contributed by atoms with E-state index in [0.717, 1.165) is 19.3 Å². The minimum Gasteiger partial charge on any atom is -0.381 e. The predicted molar refractivity (Wildman–Crippen MR) is 77.7 cm³/mol. The number of aromatic nitrogens is 2. The van der Waals surface area contributed by atoms with Gasteiger partial charge < -0.3 is 10.6 Å². The smallest absolute Gasteiger partial charge is 0.248 e. The van der Waals surface area contributed by atoms with E-state index < -0.39 is 10.0 Å². The second-order valence-corrected chi connectivity index (χ2v) is 7.80. The van der Waals surface area contributed by atoms with Crippen molar-refractivity contribution in [3.63, 3.8) is 0 Å². The van der Waals surface area contributed by atoms with Gasteiger partial charge in [0.1, 0.15) is 4.90 Å². The van der Waals surface area contributed by atoms with Crippen LogP contribution in [0.4, 0.5) is 5.82 Å². The molecule has 1 aromatic rings. The summed E-state index contributed by atoms with van der Waals surface area (Å²) >= 11 is 0. The molecule has 8 heteroatoms. The van der Waals surface area contributed by atoms with Crippen LogP contribution in [0.25, 0.3) is 0 Å². The Bertz CT molecular complexity index is 589. The zero-order chi connectivity index (χ0) is 15.1. The van der Waals surface area contributed by atoms with Crippen LogP contribution in [-0.2, 0) is 17.1 Å². The number of hydrogen-bond acceptors (Lipinski definition) is 5. The summed E-state index contributed by atoms with van der Waals surface area (Å²) in [5, 5.41) is 3.90. The number of aryl methyl sites for hydroxylation is 1. The molecule has 114 valence electrons. The Hall–Kier alpha value is -1.12. The van der Waals surface area contributed by atoms with Gasteiger partial charge in [-0.1, -0.05) is 0 Å². The summed E-state index contributed by atoms with van der Waals surface area (Å²) in [5.41, 5.74) is 5.63. The van der Waals surface area contributed by atoms with Crippen molar-refractivity contribution in [2.45, 2.75) is 29.7 Å². The Morgan fingerprint density at radius 2 is 2.00 bits per heavy atom. The van der Waals surface area contributed by atoms with E-state index >= 15 is 0 Å². The fraction of sp³-hybridized carbons (Fsp3) is 0.750. The molecule has 7 nitrogen and oxygen atoms in total. The Morgan fingerprint density at radius 3 is 2.35 bits per heavy atom. The van der Waals surface area contributed by atoms with Gasteiger partial charge >= 0.3 is 0 Å². The maximum absolute atomic E-state index is 12.6. The van der Waals surface area contributed by atoms with E-state index in [1.165, 1.54) is 15.2 Å². The van der Waals surface area contributed by atoms with Crippen LogP contribution in [-0.4, -0.2) is 60.6 Å². The van der Waals surface area contributed by atoms with Gasteiger partial charge in [-0.3, -0.25) is 4.68 Å². The zero-order valence-electron chi connectivity index (χ0n) is 12.5. The fourth-order valence-corrected chi connectivity index (χ4v) is 4.02. The quantitative estimate of drug-likeness (QED) is 0.834. The zero-order valence-corrected chi connectivity index (χ0v) is 13.3. The van der Waals surface area contributed by atoms with Crippen molar-refractivity contribution in [1.29, 1.82) is 0 Å². The SMILES string of the molecule is CN(C)C1(CN(C)S(=O)(=O)c2cn(C)nc2N)CCC1. The molecular formula is C12H23N5O2S. The number of nitrogen functional groups attached to an aromatic ring is 1. The lowest BCUT2D eigenvalue weighted by molar-refractivity contribution is 0.0455. The van der Waals surface area contributed by atoms with Gasteiger partial charge in [-0.15, -0.1) is 0 Å². The minimum atomic E-state index is -3.59. The van der Waals surface area contributed by atoms with Gasteiger partial charge in [-0.25, -0.2) is 8.42 Å². The van der Waals surface area contributed by atoms with Crippen LogP contribution in [0.3, 0.4) is 0 Å². The van der Waals surface area contributed by atoms with Crippen molar-refractivity contribution in [3.05, 3.63) is 6.20 Å². The molecule has 1 aliphatic carbocycles. The van der Waals surface area contributed by atoms with Crippen LogP contribution in [0, 0.1) is 0 Å². The molecule has 0 bridgehead atoms. The summed E-state index contributed by atoms with van der Waals surface area (Å²) in [5.74, 6) is 0.0480. The van der Waals surface area contributed by atoms with E-state index in [2.05, 4.69) is 10.00 Å². The maximum Gasteiger partial charge on any atom is 0.248 e. The number of nitrogens with two attached hydrogens (primary N) is 1. The summed E-state index contributed by atoms with van der Waals surface area (Å²) in [7, 11) is 3.66. The third-order valence-electron chi connectivity index (χ3n) is 4.26. The molecule has 0 spiro atoms. The van der Waals surface area contributed by atoms with Gasteiger partial charge in [0.25, 0.3) is 0 Å². The molecule has 0 radical (unpaired) electrons. The van der Waals surface area contributed by atoms with Crippen molar-refractivity contribution < 1.29 is 8.42 Å². The first-order valence-corrected chi connectivity index (χ1v) is 8.06. The van der Waals surface area contributed by atoms with Crippen molar-refractivity contribution in [3.8, 4) is 0 Å². The second kappa shape index (κ2) is 5.01. The van der Waals surface area contributed by atoms with Crippen LogP contribution in [0.5, 0.6) is 0 Å². The van der Waals surface area contributed by atoms with Crippen molar-refractivity contribution in [1.82, 2.24) is 19.0 Å². The lowest BCUT2D eigenvalue weighted by atomic mass is 9.75. The van der Waals surface area contributed by atoms with Crippen LogP contribution < -0.4 is 5.73 Å². The molecule has 0 amide bonds. The molecule has 0 atom stereocenters. The largest absolute Gasteiger partial charge is 0.381 e. The van der Waals surface area contributed by atoms with Crippen LogP contribution in [0.1, 0.15) is 19.3 Å². The summed E-state index contributed by atoms with van der Waals surface area (Å²) < 4.78 is 28.0. The third kappa shape index (κ3) is 2.43. The monoisotopic (exact) mass is 301 g/mol. The molecule has 1 saturated carbocycles.